The summed E-state index contributed by atoms with van der Waals surface area (Å²) in [6.07, 6.45) is 2.01. The number of esters is 1. The van der Waals surface area contributed by atoms with Gasteiger partial charge in [0.15, 0.2) is 12.7 Å². The number of para-hydroxylation sites is 1. The normalized spacial score (nSPS) is 16.7. The minimum atomic E-state index is -0.901. The fourth-order valence-corrected chi connectivity index (χ4v) is 3.37. The van der Waals surface area contributed by atoms with Gasteiger partial charge in [-0.2, -0.15) is 0 Å². The molecule has 1 aliphatic carbocycles. The van der Waals surface area contributed by atoms with Crippen LogP contribution < -0.4 is 10.1 Å². The molecule has 0 fully saturated rings. The van der Waals surface area contributed by atoms with Crippen molar-refractivity contribution < 1.29 is 19.1 Å². The third-order valence-electron chi connectivity index (χ3n) is 4.55. The van der Waals surface area contributed by atoms with Gasteiger partial charge in [0.2, 0.25) is 0 Å². The first kappa shape index (κ1) is 19.2. The molecule has 6 heteroatoms. The Labute approximate surface area is 163 Å². The molecule has 2 atom stereocenters. The number of fused-ring (bicyclic) bond motifs is 1. The number of ether oxygens (including phenoxy) is 2. The van der Waals surface area contributed by atoms with E-state index in [9.17, 15) is 9.59 Å². The highest BCUT2D eigenvalue weighted by atomic mass is 35.5. The maximum absolute atomic E-state index is 12.4. The van der Waals surface area contributed by atoms with Crippen LogP contribution in [0.5, 0.6) is 5.75 Å². The molecule has 0 aromatic heterocycles. The topological polar surface area (TPSA) is 64.6 Å². The number of carbonyl (C=O) groups excluding carboxylic acids is 2. The smallest absolute Gasteiger partial charge is 0.344 e. The molecule has 0 aliphatic heterocycles. The average Bonchev–Trinajstić information content (AvgIpc) is 2.67. The second kappa shape index (κ2) is 8.91. The second-order valence-corrected chi connectivity index (χ2v) is 6.91. The van der Waals surface area contributed by atoms with E-state index in [0.29, 0.717) is 10.8 Å². The van der Waals surface area contributed by atoms with Crippen LogP contribution in [0.2, 0.25) is 5.02 Å². The molecule has 0 unspecified atom stereocenters. The lowest BCUT2D eigenvalue weighted by Gasteiger charge is -2.27. The summed E-state index contributed by atoms with van der Waals surface area (Å²) in [5.41, 5.74) is 2.39. The third kappa shape index (κ3) is 5.01. The standard InChI is InChI=1S/C21H22ClNO4/c1-14(27-20(24)13-26-19-12-5-4-10-17(19)22)21(25)23-18-11-6-8-15-7-2-3-9-16(15)18/h2-5,7,9-10,12,14,18H,6,8,11,13H2,1H3,(H,23,25)/t14-,18+/m1/s1. The van der Waals surface area contributed by atoms with E-state index in [1.165, 1.54) is 5.56 Å². The number of hydrogen-bond donors (Lipinski definition) is 1. The fraction of sp³-hybridized carbons (Fsp3) is 0.333. The number of aryl methyl sites for hydroxylation is 1. The minimum absolute atomic E-state index is 0.0528. The largest absolute Gasteiger partial charge is 0.480 e. The van der Waals surface area contributed by atoms with Gasteiger partial charge < -0.3 is 14.8 Å². The van der Waals surface area contributed by atoms with Crippen molar-refractivity contribution >= 4 is 23.5 Å². The molecule has 3 rings (SSSR count). The van der Waals surface area contributed by atoms with E-state index in [0.717, 1.165) is 24.8 Å². The molecule has 0 bridgehead atoms. The number of rotatable bonds is 6. The molecular formula is C21H22ClNO4. The zero-order valence-electron chi connectivity index (χ0n) is 15.1. The molecule has 1 aliphatic rings. The molecule has 142 valence electrons. The van der Waals surface area contributed by atoms with E-state index >= 15 is 0 Å². The van der Waals surface area contributed by atoms with E-state index < -0.39 is 12.1 Å². The highest BCUT2D eigenvalue weighted by molar-refractivity contribution is 6.32. The molecule has 2 aromatic rings. The van der Waals surface area contributed by atoms with Crippen molar-refractivity contribution in [1.82, 2.24) is 5.32 Å². The monoisotopic (exact) mass is 387 g/mol. The highest BCUT2D eigenvalue weighted by Crippen LogP contribution is 2.29. The molecule has 0 saturated heterocycles. The summed E-state index contributed by atoms with van der Waals surface area (Å²) < 4.78 is 10.5. The zero-order valence-corrected chi connectivity index (χ0v) is 15.9. The molecule has 1 amide bonds. The number of halogens is 1. The summed E-state index contributed by atoms with van der Waals surface area (Å²) in [7, 11) is 0. The van der Waals surface area contributed by atoms with Crippen molar-refractivity contribution in [2.75, 3.05) is 6.61 Å². The minimum Gasteiger partial charge on any atom is -0.480 e. The fourth-order valence-electron chi connectivity index (χ4n) is 3.18. The van der Waals surface area contributed by atoms with Crippen molar-refractivity contribution in [2.24, 2.45) is 0 Å². The maximum atomic E-state index is 12.4. The van der Waals surface area contributed by atoms with Crippen LogP contribution >= 0.6 is 11.6 Å². The van der Waals surface area contributed by atoms with Crippen LogP contribution in [0, 0.1) is 0 Å². The number of nitrogens with one attached hydrogen (secondary N) is 1. The van der Waals surface area contributed by atoms with Crippen LogP contribution in [0.4, 0.5) is 0 Å². The van der Waals surface area contributed by atoms with E-state index in [-0.39, 0.29) is 18.6 Å². The van der Waals surface area contributed by atoms with E-state index in [1.54, 1.807) is 31.2 Å². The number of carbonyl (C=O) groups is 2. The van der Waals surface area contributed by atoms with Crippen molar-refractivity contribution in [1.29, 1.82) is 0 Å². The Morgan fingerprint density at radius 2 is 1.93 bits per heavy atom. The molecule has 0 saturated carbocycles. The molecule has 27 heavy (non-hydrogen) atoms. The van der Waals surface area contributed by atoms with Crippen LogP contribution in [-0.2, 0) is 20.7 Å². The van der Waals surface area contributed by atoms with Gasteiger partial charge in [0.25, 0.3) is 5.91 Å². The summed E-state index contributed by atoms with van der Waals surface area (Å²) in [5.74, 6) is -0.545. The second-order valence-electron chi connectivity index (χ2n) is 6.50. The average molecular weight is 388 g/mol. The van der Waals surface area contributed by atoms with Gasteiger partial charge in [0.1, 0.15) is 5.75 Å². The maximum Gasteiger partial charge on any atom is 0.344 e. The van der Waals surface area contributed by atoms with Gasteiger partial charge >= 0.3 is 5.97 Å². The van der Waals surface area contributed by atoms with Gasteiger partial charge in [-0.3, -0.25) is 4.79 Å². The van der Waals surface area contributed by atoms with Crippen molar-refractivity contribution in [3.63, 3.8) is 0 Å². The highest BCUT2D eigenvalue weighted by Gasteiger charge is 2.25. The van der Waals surface area contributed by atoms with Crippen molar-refractivity contribution in [2.45, 2.75) is 38.3 Å². The first-order valence-electron chi connectivity index (χ1n) is 8.99. The molecular weight excluding hydrogens is 366 g/mol. The summed E-state index contributed by atoms with van der Waals surface area (Å²) in [6.45, 7) is 1.24. The van der Waals surface area contributed by atoms with Gasteiger partial charge in [0, 0.05) is 0 Å². The SMILES string of the molecule is C[C@@H](OC(=O)COc1ccccc1Cl)C(=O)N[C@H]1CCCc2ccccc21. The third-order valence-corrected chi connectivity index (χ3v) is 4.86. The number of benzene rings is 2. The lowest BCUT2D eigenvalue weighted by Crippen LogP contribution is -2.39. The summed E-state index contributed by atoms with van der Waals surface area (Å²) in [5, 5.41) is 3.39. The number of amides is 1. The van der Waals surface area contributed by atoms with Gasteiger partial charge in [0.05, 0.1) is 11.1 Å². The van der Waals surface area contributed by atoms with Crippen molar-refractivity contribution in [3.8, 4) is 5.75 Å². The Morgan fingerprint density at radius 1 is 1.19 bits per heavy atom. The van der Waals surface area contributed by atoms with Gasteiger partial charge in [-0.05, 0) is 49.4 Å². The first-order valence-corrected chi connectivity index (χ1v) is 9.37. The molecule has 0 spiro atoms. The Kier molecular flexibility index (Phi) is 6.35. The first-order chi connectivity index (χ1) is 13.0. The van der Waals surface area contributed by atoms with Crippen LogP contribution in [0.1, 0.15) is 36.9 Å². The molecule has 0 radical (unpaired) electrons. The van der Waals surface area contributed by atoms with Gasteiger partial charge in [-0.25, -0.2) is 4.79 Å². The Balaban J connectivity index is 1.51. The Morgan fingerprint density at radius 3 is 2.74 bits per heavy atom. The molecule has 1 N–H and O–H groups in total. The van der Waals surface area contributed by atoms with E-state index in [1.807, 2.05) is 18.2 Å². The predicted octanol–water partition coefficient (Wildman–Crippen LogP) is 3.84. The summed E-state index contributed by atoms with van der Waals surface area (Å²) in [6, 6.07) is 14.9. The van der Waals surface area contributed by atoms with Crippen LogP contribution in [0.3, 0.4) is 0 Å². The predicted molar refractivity (Wildman–Crippen MR) is 103 cm³/mol. The van der Waals surface area contributed by atoms with Crippen LogP contribution in [-0.4, -0.2) is 24.6 Å². The number of hydrogen-bond acceptors (Lipinski definition) is 4. The van der Waals surface area contributed by atoms with Crippen molar-refractivity contribution in [3.05, 3.63) is 64.7 Å². The van der Waals surface area contributed by atoms with Gasteiger partial charge in [-0.15, -0.1) is 0 Å². The lowest BCUT2D eigenvalue weighted by molar-refractivity contribution is -0.156. The molecule has 5 nitrogen and oxygen atoms in total. The van der Waals surface area contributed by atoms with Crippen LogP contribution in [0.25, 0.3) is 0 Å². The Hall–Kier alpha value is -2.53. The van der Waals surface area contributed by atoms with E-state index in [2.05, 4.69) is 11.4 Å². The zero-order chi connectivity index (χ0) is 19.2. The summed E-state index contributed by atoms with van der Waals surface area (Å²) >= 11 is 5.97. The molecule has 0 heterocycles. The Bertz CT molecular complexity index is 823. The van der Waals surface area contributed by atoms with Crippen LogP contribution in [0.15, 0.2) is 48.5 Å². The van der Waals surface area contributed by atoms with E-state index in [4.69, 9.17) is 21.1 Å². The summed E-state index contributed by atoms with van der Waals surface area (Å²) in [4.78, 5) is 24.4. The van der Waals surface area contributed by atoms with Gasteiger partial charge in [-0.1, -0.05) is 48.0 Å². The lowest BCUT2D eigenvalue weighted by atomic mass is 9.87. The quantitative estimate of drug-likeness (QED) is 0.765. The molecule has 2 aromatic carbocycles.